The summed E-state index contributed by atoms with van der Waals surface area (Å²) in [6.07, 6.45) is 2.88. The van der Waals surface area contributed by atoms with E-state index in [1.807, 2.05) is 71.6 Å². The van der Waals surface area contributed by atoms with Crippen molar-refractivity contribution in [1.29, 1.82) is 0 Å². The van der Waals surface area contributed by atoms with Crippen molar-refractivity contribution >= 4 is 29.3 Å². The zero-order valence-corrected chi connectivity index (χ0v) is 20.3. The largest absolute Gasteiger partial charge is 0.339 e. The molecule has 34 heavy (non-hydrogen) atoms. The minimum atomic E-state index is 0.129. The summed E-state index contributed by atoms with van der Waals surface area (Å²) >= 11 is 7.76. The number of nitrogens with zero attached hydrogens (tertiary/aromatic N) is 4. The summed E-state index contributed by atoms with van der Waals surface area (Å²) in [7, 11) is 0. The highest BCUT2D eigenvalue weighted by Gasteiger charge is 2.19. The standard InChI is InChI=1S/C27H25ClN4OS/c28-23-12-14-24(15-13-23)32-25(18-20-6-2-1-3-7-20)29-30-27(32)34-19-21-8-10-22(11-9-21)26(33)31-16-4-5-17-31/h1-3,6-15H,4-5,16-19H2. The average molecular weight is 489 g/mol. The van der Waals surface area contributed by atoms with Gasteiger partial charge in [0.1, 0.15) is 5.82 Å². The van der Waals surface area contributed by atoms with Crippen molar-refractivity contribution in [2.24, 2.45) is 0 Å². The molecule has 0 aliphatic carbocycles. The van der Waals surface area contributed by atoms with Crippen molar-refractivity contribution in [3.05, 3.63) is 106 Å². The molecular formula is C27H25ClN4OS. The topological polar surface area (TPSA) is 51.0 Å². The maximum absolute atomic E-state index is 12.6. The fourth-order valence-electron chi connectivity index (χ4n) is 4.13. The van der Waals surface area contributed by atoms with Crippen molar-refractivity contribution in [2.75, 3.05) is 13.1 Å². The molecule has 1 aliphatic heterocycles. The lowest BCUT2D eigenvalue weighted by atomic mass is 10.1. The van der Waals surface area contributed by atoms with E-state index in [1.54, 1.807) is 11.8 Å². The number of thioether (sulfide) groups is 1. The molecule has 5 rings (SSSR count). The lowest BCUT2D eigenvalue weighted by molar-refractivity contribution is 0.0793. The molecule has 3 aromatic carbocycles. The highest BCUT2D eigenvalue weighted by Crippen LogP contribution is 2.27. The summed E-state index contributed by atoms with van der Waals surface area (Å²) in [6, 6.07) is 25.9. The normalized spacial score (nSPS) is 13.4. The van der Waals surface area contributed by atoms with E-state index in [0.29, 0.717) is 11.4 Å². The van der Waals surface area contributed by atoms with Crippen LogP contribution < -0.4 is 0 Å². The first kappa shape index (κ1) is 22.7. The van der Waals surface area contributed by atoms with Crippen LogP contribution in [0.4, 0.5) is 0 Å². The van der Waals surface area contributed by atoms with Crippen LogP contribution in [0.3, 0.4) is 0 Å². The van der Waals surface area contributed by atoms with Gasteiger partial charge in [-0.2, -0.15) is 0 Å². The Morgan fingerprint density at radius 2 is 1.56 bits per heavy atom. The van der Waals surface area contributed by atoms with Crippen LogP contribution in [-0.2, 0) is 12.2 Å². The van der Waals surface area contributed by atoms with Crippen molar-refractivity contribution in [3.63, 3.8) is 0 Å². The van der Waals surface area contributed by atoms with Gasteiger partial charge in [-0.25, -0.2) is 0 Å². The van der Waals surface area contributed by atoms with Crippen LogP contribution in [0.2, 0.25) is 5.02 Å². The molecule has 4 aromatic rings. The number of benzene rings is 3. The summed E-state index contributed by atoms with van der Waals surface area (Å²) in [5, 5.41) is 10.5. The molecule has 0 atom stereocenters. The number of likely N-dealkylation sites (tertiary alicyclic amines) is 1. The molecule has 0 bridgehead atoms. The van der Waals surface area contributed by atoms with Crippen LogP contribution in [0.15, 0.2) is 84.0 Å². The van der Waals surface area contributed by atoms with Crippen molar-refractivity contribution in [2.45, 2.75) is 30.2 Å². The molecule has 1 aromatic heterocycles. The molecule has 0 spiro atoms. The highest BCUT2D eigenvalue weighted by molar-refractivity contribution is 7.98. The van der Waals surface area contributed by atoms with Gasteiger partial charge in [0.2, 0.25) is 0 Å². The van der Waals surface area contributed by atoms with Gasteiger partial charge in [-0.3, -0.25) is 9.36 Å². The Kier molecular flexibility index (Phi) is 6.97. The summed E-state index contributed by atoms with van der Waals surface area (Å²) in [4.78, 5) is 14.5. The van der Waals surface area contributed by atoms with E-state index in [2.05, 4.69) is 26.9 Å². The van der Waals surface area contributed by atoms with Gasteiger partial charge in [-0.05, 0) is 60.4 Å². The van der Waals surface area contributed by atoms with E-state index in [4.69, 9.17) is 11.6 Å². The van der Waals surface area contributed by atoms with Crippen LogP contribution in [0.5, 0.6) is 0 Å². The van der Waals surface area contributed by atoms with Gasteiger partial charge in [0, 0.05) is 41.5 Å². The predicted octanol–water partition coefficient (Wildman–Crippen LogP) is 6.04. The third-order valence-electron chi connectivity index (χ3n) is 5.95. The van der Waals surface area contributed by atoms with E-state index in [9.17, 15) is 4.79 Å². The second-order valence-corrected chi connectivity index (χ2v) is 9.74. The number of amides is 1. The van der Waals surface area contributed by atoms with Gasteiger partial charge in [0.05, 0.1) is 0 Å². The van der Waals surface area contributed by atoms with Crippen molar-refractivity contribution in [1.82, 2.24) is 19.7 Å². The molecule has 1 amide bonds. The molecule has 1 saturated heterocycles. The second-order valence-electron chi connectivity index (χ2n) is 8.36. The molecule has 2 heterocycles. The van der Waals surface area contributed by atoms with Crippen LogP contribution in [0, 0.1) is 0 Å². The SMILES string of the molecule is O=C(c1ccc(CSc2nnc(Cc3ccccc3)n2-c2ccc(Cl)cc2)cc1)N1CCCC1. The first-order chi connectivity index (χ1) is 16.7. The Labute approximate surface area is 208 Å². The summed E-state index contributed by atoms with van der Waals surface area (Å²) in [5.41, 5.74) is 4.05. The quantitative estimate of drug-likeness (QED) is 0.297. The summed E-state index contributed by atoms with van der Waals surface area (Å²) in [6.45, 7) is 1.73. The number of carbonyl (C=O) groups is 1. The van der Waals surface area contributed by atoms with E-state index >= 15 is 0 Å². The molecule has 1 aliphatic rings. The average Bonchev–Trinajstić information content (AvgIpc) is 3.55. The Morgan fingerprint density at radius 3 is 2.26 bits per heavy atom. The Balaban J connectivity index is 1.35. The van der Waals surface area contributed by atoms with E-state index < -0.39 is 0 Å². The monoisotopic (exact) mass is 488 g/mol. The molecule has 7 heteroatoms. The van der Waals surface area contributed by atoms with Crippen LogP contribution in [-0.4, -0.2) is 38.7 Å². The third-order valence-corrected chi connectivity index (χ3v) is 7.20. The second kappa shape index (κ2) is 10.5. The number of hydrogen-bond acceptors (Lipinski definition) is 4. The summed E-state index contributed by atoms with van der Waals surface area (Å²) < 4.78 is 2.10. The smallest absolute Gasteiger partial charge is 0.253 e. The Bertz CT molecular complexity index is 1250. The van der Waals surface area contributed by atoms with Gasteiger partial charge >= 0.3 is 0 Å². The first-order valence-corrected chi connectivity index (χ1v) is 12.8. The third kappa shape index (κ3) is 5.18. The van der Waals surface area contributed by atoms with Gasteiger partial charge in [-0.15, -0.1) is 10.2 Å². The maximum atomic E-state index is 12.6. The zero-order valence-electron chi connectivity index (χ0n) is 18.7. The lowest BCUT2D eigenvalue weighted by Crippen LogP contribution is -2.27. The molecule has 0 radical (unpaired) electrons. The molecule has 0 unspecified atom stereocenters. The van der Waals surface area contributed by atoms with E-state index in [1.165, 1.54) is 5.56 Å². The number of aromatic nitrogens is 3. The van der Waals surface area contributed by atoms with Crippen LogP contribution in [0.1, 0.15) is 40.2 Å². The van der Waals surface area contributed by atoms with Gasteiger partial charge in [0.25, 0.3) is 5.91 Å². The predicted molar refractivity (Wildman–Crippen MR) is 137 cm³/mol. The zero-order chi connectivity index (χ0) is 23.3. The maximum Gasteiger partial charge on any atom is 0.253 e. The van der Waals surface area contributed by atoms with Crippen molar-refractivity contribution in [3.8, 4) is 5.69 Å². The van der Waals surface area contributed by atoms with E-state index in [-0.39, 0.29) is 5.91 Å². The fraction of sp³-hybridized carbons (Fsp3) is 0.222. The molecule has 1 fully saturated rings. The fourth-order valence-corrected chi connectivity index (χ4v) is 5.18. The first-order valence-electron chi connectivity index (χ1n) is 11.4. The van der Waals surface area contributed by atoms with Gasteiger partial charge in [0.15, 0.2) is 5.16 Å². The van der Waals surface area contributed by atoms with Gasteiger partial charge in [-0.1, -0.05) is 65.8 Å². The number of carbonyl (C=O) groups excluding carboxylic acids is 1. The van der Waals surface area contributed by atoms with E-state index in [0.717, 1.165) is 59.5 Å². The lowest BCUT2D eigenvalue weighted by Gasteiger charge is -2.15. The Morgan fingerprint density at radius 1 is 0.853 bits per heavy atom. The van der Waals surface area contributed by atoms with Crippen LogP contribution >= 0.6 is 23.4 Å². The Hall–Kier alpha value is -3.09. The van der Waals surface area contributed by atoms with Gasteiger partial charge < -0.3 is 4.90 Å². The molecular weight excluding hydrogens is 464 g/mol. The molecule has 5 nitrogen and oxygen atoms in total. The number of halogens is 1. The minimum absolute atomic E-state index is 0.129. The number of hydrogen-bond donors (Lipinski definition) is 0. The highest BCUT2D eigenvalue weighted by atomic mass is 35.5. The molecule has 172 valence electrons. The van der Waals surface area contributed by atoms with Crippen LogP contribution in [0.25, 0.3) is 5.69 Å². The number of rotatable bonds is 7. The summed E-state index contributed by atoms with van der Waals surface area (Å²) in [5.74, 6) is 1.74. The molecule has 0 saturated carbocycles. The minimum Gasteiger partial charge on any atom is -0.339 e. The van der Waals surface area contributed by atoms with Crippen molar-refractivity contribution < 1.29 is 4.79 Å². The molecule has 0 N–H and O–H groups in total.